The average molecular weight is 414 g/mol. The molecule has 1 N–H and O–H groups in total. The number of amides is 1. The van der Waals surface area contributed by atoms with Crippen LogP contribution in [0.15, 0.2) is 48.5 Å². The van der Waals surface area contributed by atoms with E-state index in [9.17, 15) is 18.0 Å². The molecule has 0 unspecified atom stereocenters. The van der Waals surface area contributed by atoms with Gasteiger partial charge in [-0.05, 0) is 60.9 Å². The second-order valence-corrected chi connectivity index (χ2v) is 8.69. The predicted octanol–water partition coefficient (Wildman–Crippen LogP) is 2.97. The third-order valence-corrected chi connectivity index (χ3v) is 6.48. The van der Waals surface area contributed by atoms with E-state index < -0.39 is 16.0 Å². The van der Waals surface area contributed by atoms with E-state index in [2.05, 4.69) is 10.1 Å². The second-order valence-electron chi connectivity index (χ2n) is 6.68. The van der Waals surface area contributed by atoms with Crippen LogP contribution < -0.4 is 9.62 Å². The van der Waals surface area contributed by atoms with Crippen molar-refractivity contribution in [1.82, 2.24) is 0 Å². The molecule has 1 fully saturated rings. The van der Waals surface area contributed by atoms with Gasteiger partial charge in [-0.25, -0.2) is 13.2 Å². The molecule has 1 saturated heterocycles. The van der Waals surface area contributed by atoms with E-state index >= 15 is 0 Å². The van der Waals surface area contributed by atoms with E-state index in [-0.39, 0.29) is 11.7 Å². The number of nitrogens with one attached hydrogen (secondary N) is 1. The molecule has 7 nitrogen and oxygen atoms in total. The molecule has 0 radical (unpaired) electrons. The molecule has 3 rings (SSSR count). The van der Waals surface area contributed by atoms with E-state index in [1.807, 2.05) is 0 Å². The summed E-state index contributed by atoms with van der Waals surface area (Å²) < 4.78 is 30.0. The number of esters is 1. The van der Waals surface area contributed by atoms with Gasteiger partial charge in [-0.1, -0.05) is 12.1 Å². The third kappa shape index (κ3) is 4.83. The maximum atomic E-state index is 12.2. The Morgan fingerprint density at radius 3 is 2.45 bits per heavy atom. The first kappa shape index (κ1) is 20.6. The molecule has 1 aliphatic heterocycles. The van der Waals surface area contributed by atoms with Gasteiger partial charge in [-0.2, -0.15) is 0 Å². The zero-order valence-corrected chi connectivity index (χ0v) is 17.0. The van der Waals surface area contributed by atoms with E-state index in [4.69, 9.17) is 0 Å². The first-order chi connectivity index (χ1) is 13.8. The van der Waals surface area contributed by atoms with Crippen molar-refractivity contribution in [3.63, 3.8) is 0 Å². The van der Waals surface area contributed by atoms with Crippen LogP contribution in [-0.4, -0.2) is 39.7 Å². The highest BCUT2D eigenvalue weighted by Gasteiger charge is 2.28. The number of rotatable bonds is 5. The number of anilines is 2. The van der Waals surface area contributed by atoms with Crippen LogP contribution in [0.3, 0.4) is 0 Å². The molecule has 29 heavy (non-hydrogen) atoms. The summed E-state index contributed by atoms with van der Waals surface area (Å²) in [6.45, 7) is 2.28. The van der Waals surface area contributed by atoms with Crippen LogP contribution in [-0.2, 0) is 19.6 Å². The van der Waals surface area contributed by atoms with Crippen molar-refractivity contribution in [2.75, 3.05) is 29.0 Å². The Morgan fingerprint density at radius 1 is 1.14 bits per heavy atom. The first-order valence-electron chi connectivity index (χ1n) is 9.09. The van der Waals surface area contributed by atoms with Crippen LogP contribution in [0, 0.1) is 6.92 Å². The highest BCUT2D eigenvalue weighted by atomic mass is 32.2. The Hall–Kier alpha value is -3.13. The van der Waals surface area contributed by atoms with Gasteiger partial charge in [0.25, 0.3) is 0 Å². The van der Waals surface area contributed by atoms with Gasteiger partial charge in [0, 0.05) is 18.3 Å². The lowest BCUT2D eigenvalue weighted by Gasteiger charge is -2.16. The van der Waals surface area contributed by atoms with E-state index in [1.54, 1.807) is 55.5 Å². The van der Waals surface area contributed by atoms with Gasteiger partial charge in [-0.15, -0.1) is 0 Å². The fourth-order valence-electron chi connectivity index (χ4n) is 3.08. The van der Waals surface area contributed by atoms with Gasteiger partial charge in [0.05, 0.1) is 24.1 Å². The fraction of sp³-hybridized carbons (Fsp3) is 0.238. The lowest BCUT2D eigenvalue weighted by Crippen LogP contribution is -2.24. The molecule has 0 aromatic heterocycles. The molecule has 0 bridgehead atoms. The number of aryl methyl sites for hydroxylation is 1. The number of hydrogen-bond donors (Lipinski definition) is 1. The number of carbonyl (C=O) groups is 2. The van der Waals surface area contributed by atoms with Gasteiger partial charge in [0.2, 0.25) is 15.9 Å². The number of hydrogen-bond acceptors (Lipinski definition) is 5. The molecule has 2 aromatic carbocycles. The molecule has 1 amide bonds. The van der Waals surface area contributed by atoms with Crippen LogP contribution in [0.25, 0.3) is 6.08 Å². The van der Waals surface area contributed by atoms with Crippen molar-refractivity contribution in [2.24, 2.45) is 0 Å². The highest BCUT2D eigenvalue weighted by Crippen LogP contribution is 2.24. The van der Waals surface area contributed by atoms with Crippen molar-refractivity contribution < 1.29 is 22.7 Å². The molecule has 2 aromatic rings. The zero-order valence-electron chi connectivity index (χ0n) is 16.2. The molecule has 152 valence electrons. The summed E-state index contributed by atoms with van der Waals surface area (Å²) in [4.78, 5) is 23.7. The third-order valence-electron chi connectivity index (χ3n) is 4.61. The number of sulfonamides is 1. The number of carbonyl (C=O) groups excluding carboxylic acids is 2. The zero-order chi connectivity index (χ0) is 21.0. The van der Waals surface area contributed by atoms with Crippen molar-refractivity contribution >= 4 is 39.4 Å². The molecule has 0 aliphatic carbocycles. The molecule has 0 atom stereocenters. The molecule has 0 spiro atoms. The normalized spacial score (nSPS) is 15.4. The average Bonchev–Trinajstić information content (AvgIpc) is 3.06. The minimum atomic E-state index is -3.21. The Bertz CT molecular complexity index is 1060. The lowest BCUT2D eigenvalue weighted by atomic mass is 10.1. The summed E-state index contributed by atoms with van der Waals surface area (Å²) >= 11 is 0. The standard InChI is InChI=1S/C21H22N2O5S/c1-15-14-17(21(25)28-2)7-10-19(15)22-20(24)11-6-16-4-8-18(9-5-16)23-12-3-13-29(23,26)27/h4-11,14H,3,12-13H2,1-2H3,(H,22,24)/b11-6+. The minimum Gasteiger partial charge on any atom is -0.465 e. The Morgan fingerprint density at radius 2 is 1.86 bits per heavy atom. The van der Waals surface area contributed by atoms with Crippen LogP contribution >= 0.6 is 0 Å². The van der Waals surface area contributed by atoms with Gasteiger partial charge >= 0.3 is 5.97 Å². The van der Waals surface area contributed by atoms with E-state index in [0.717, 1.165) is 11.1 Å². The Labute approximate surface area is 170 Å². The summed E-state index contributed by atoms with van der Waals surface area (Å²) in [5, 5.41) is 2.77. The van der Waals surface area contributed by atoms with Crippen LogP contribution in [0.4, 0.5) is 11.4 Å². The second kappa shape index (κ2) is 8.48. The van der Waals surface area contributed by atoms with Crippen molar-refractivity contribution in [3.8, 4) is 0 Å². The molecular weight excluding hydrogens is 392 g/mol. The number of ether oxygens (including phenoxy) is 1. The van der Waals surface area contributed by atoms with Crippen LogP contribution in [0.1, 0.15) is 27.9 Å². The minimum absolute atomic E-state index is 0.175. The van der Waals surface area contributed by atoms with Gasteiger partial charge < -0.3 is 10.1 Å². The number of methoxy groups -OCH3 is 1. The lowest BCUT2D eigenvalue weighted by molar-refractivity contribution is -0.111. The van der Waals surface area contributed by atoms with Gasteiger partial charge in [-0.3, -0.25) is 9.10 Å². The fourth-order valence-corrected chi connectivity index (χ4v) is 4.64. The summed E-state index contributed by atoms with van der Waals surface area (Å²) in [6.07, 6.45) is 3.68. The highest BCUT2D eigenvalue weighted by molar-refractivity contribution is 7.93. The first-order valence-corrected chi connectivity index (χ1v) is 10.7. The van der Waals surface area contributed by atoms with Crippen molar-refractivity contribution in [1.29, 1.82) is 0 Å². The van der Waals surface area contributed by atoms with Crippen molar-refractivity contribution in [3.05, 3.63) is 65.2 Å². The molecular formula is C21H22N2O5S. The molecule has 1 aliphatic rings. The summed E-state index contributed by atoms with van der Waals surface area (Å²) in [5.74, 6) is -0.573. The number of nitrogens with zero attached hydrogens (tertiary/aromatic N) is 1. The Kier molecular flexibility index (Phi) is 6.03. The van der Waals surface area contributed by atoms with Gasteiger partial charge in [0.1, 0.15) is 0 Å². The van der Waals surface area contributed by atoms with Crippen LogP contribution in [0.5, 0.6) is 0 Å². The monoisotopic (exact) mass is 414 g/mol. The van der Waals surface area contributed by atoms with Crippen molar-refractivity contribution in [2.45, 2.75) is 13.3 Å². The summed E-state index contributed by atoms with van der Waals surface area (Å²) in [7, 11) is -1.89. The number of benzene rings is 2. The summed E-state index contributed by atoms with van der Waals surface area (Å²) in [5.41, 5.74) is 3.16. The molecule has 8 heteroatoms. The quantitative estimate of drug-likeness (QED) is 0.600. The molecule has 0 saturated carbocycles. The predicted molar refractivity (Wildman–Crippen MR) is 112 cm³/mol. The van der Waals surface area contributed by atoms with Gasteiger partial charge in [0.15, 0.2) is 0 Å². The summed E-state index contributed by atoms with van der Waals surface area (Å²) in [6, 6.07) is 11.9. The van der Waals surface area contributed by atoms with Crippen LogP contribution in [0.2, 0.25) is 0 Å². The maximum Gasteiger partial charge on any atom is 0.337 e. The largest absolute Gasteiger partial charge is 0.465 e. The topological polar surface area (TPSA) is 92.8 Å². The molecule has 1 heterocycles. The smallest absolute Gasteiger partial charge is 0.337 e. The Balaban J connectivity index is 1.64. The SMILES string of the molecule is COC(=O)c1ccc(NC(=O)/C=C/c2ccc(N3CCCS3(=O)=O)cc2)c(C)c1. The van der Waals surface area contributed by atoms with E-state index in [0.29, 0.717) is 29.9 Å². The van der Waals surface area contributed by atoms with E-state index in [1.165, 1.54) is 17.5 Å². The maximum absolute atomic E-state index is 12.2.